The van der Waals surface area contributed by atoms with Gasteiger partial charge in [-0.05, 0) is 0 Å². The number of Topliss-reactive ketones (excluding diaryl/α,β-unsaturated/α-hetero) is 1. The first-order valence-electron chi connectivity index (χ1n) is 2.45. The summed E-state index contributed by atoms with van der Waals surface area (Å²) in [6, 6.07) is 2.92. The molecule has 5 heteroatoms. The molecule has 0 fully saturated rings. The van der Waals surface area contributed by atoms with Crippen molar-refractivity contribution in [1.82, 2.24) is 0 Å². The van der Waals surface area contributed by atoms with Crippen molar-refractivity contribution in [3.8, 4) is 12.1 Å². The molecule has 11 heavy (non-hydrogen) atoms. The summed E-state index contributed by atoms with van der Waals surface area (Å²) in [6.07, 6.45) is 0. The van der Waals surface area contributed by atoms with Gasteiger partial charge in [-0.15, -0.1) is 5.92 Å². The Hall–Kier alpha value is 0.116. The first kappa shape index (κ1) is 13.7. The predicted octanol–water partition coefficient (Wildman–Crippen LogP) is -3.17. The fraction of sp³-hybridized carbons (Fsp3) is 0.333. The Morgan fingerprint density at radius 2 is 2.00 bits per heavy atom. The van der Waals surface area contributed by atoms with Crippen LogP contribution in [0.1, 0.15) is 0 Å². The third-order valence-electron chi connectivity index (χ3n) is 0.778. The number of ketones is 1. The van der Waals surface area contributed by atoms with Crippen molar-refractivity contribution in [2.24, 2.45) is 0 Å². The van der Waals surface area contributed by atoms with Gasteiger partial charge in [-0.1, -0.05) is 12.1 Å². The van der Waals surface area contributed by atoms with Gasteiger partial charge in [-0.25, -0.2) is 10.5 Å². The van der Waals surface area contributed by atoms with Gasteiger partial charge in [0, 0.05) is 7.11 Å². The number of carbonyl (C=O) groups is 1. The van der Waals surface area contributed by atoms with Crippen LogP contribution in [0.25, 0.3) is 0 Å². The van der Waals surface area contributed by atoms with Crippen molar-refractivity contribution in [1.29, 1.82) is 10.5 Å². The van der Waals surface area contributed by atoms with Crippen LogP contribution in [0.15, 0.2) is 0 Å². The summed E-state index contributed by atoms with van der Waals surface area (Å²) < 4.78 is 4.42. The molecule has 0 unspecified atom stereocenters. The van der Waals surface area contributed by atoms with Crippen LogP contribution in [0.4, 0.5) is 0 Å². The van der Waals surface area contributed by atoms with Gasteiger partial charge in [-0.3, -0.25) is 0 Å². The van der Waals surface area contributed by atoms with E-state index in [-0.39, 0.29) is 58.0 Å². The van der Waals surface area contributed by atoms with Gasteiger partial charge in [0.2, 0.25) is 0 Å². The summed E-state index contributed by atoms with van der Waals surface area (Å²) in [5.41, 5.74) is 0. The molecule has 52 valence electrons. The van der Waals surface area contributed by atoms with Crippen LogP contribution < -0.4 is 51.4 Å². The predicted molar refractivity (Wildman–Crippen MR) is 31.4 cm³/mol. The maximum absolute atomic E-state index is 10.6. The average molecular weight is 176 g/mol. The second kappa shape index (κ2) is 8.22. The maximum Gasteiger partial charge on any atom is 1.00 e. The third kappa shape index (κ3) is 5.39. The molecule has 0 atom stereocenters. The number of nitriles is 2. The third-order valence-corrected chi connectivity index (χ3v) is 0.778. The number of rotatable bonds is 3. The standard InChI is InChI=1S/C6H5N2O2.K/c1-10-4-6(9)5(2-7)3-8;/h4H2,1H3;/q-1;+1. The van der Waals surface area contributed by atoms with E-state index < -0.39 is 11.7 Å². The number of nitrogens with zero attached hydrogens (tertiary/aromatic N) is 2. The summed E-state index contributed by atoms with van der Waals surface area (Å²) in [5, 5.41) is 16.3. The van der Waals surface area contributed by atoms with Crippen molar-refractivity contribution in [2.45, 2.75) is 0 Å². The summed E-state index contributed by atoms with van der Waals surface area (Å²) in [4.78, 5) is 10.6. The monoisotopic (exact) mass is 176 g/mol. The summed E-state index contributed by atoms with van der Waals surface area (Å²) in [6.45, 7) is -0.212. The van der Waals surface area contributed by atoms with Crippen LogP contribution in [0, 0.1) is 28.6 Å². The van der Waals surface area contributed by atoms with Crippen molar-refractivity contribution < 1.29 is 60.9 Å². The van der Waals surface area contributed by atoms with Crippen LogP contribution in [-0.4, -0.2) is 19.5 Å². The normalized spacial score (nSPS) is 6.82. The number of carbonyl (C=O) groups excluding carboxylic acids is 1. The van der Waals surface area contributed by atoms with Crippen LogP contribution in [-0.2, 0) is 9.53 Å². The molecular formula is C6H5KN2O2. The molecule has 0 aliphatic carbocycles. The molecule has 0 aliphatic heterocycles. The molecule has 0 radical (unpaired) electrons. The molecule has 0 amide bonds. The van der Waals surface area contributed by atoms with Crippen LogP contribution in [0.3, 0.4) is 0 Å². The Morgan fingerprint density at radius 3 is 2.27 bits per heavy atom. The fourth-order valence-corrected chi connectivity index (χ4v) is 0.353. The maximum atomic E-state index is 10.6. The molecular weight excluding hydrogens is 171 g/mol. The number of hydrogen-bond donors (Lipinski definition) is 0. The van der Waals surface area contributed by atoms with E-state index in [0.29, 0.717) is 0 Å². The minimum absolute atomic E-state index is 0. The summed E-state index contributed by atoms with van der Waals surface area (Å²) >= 11 is 0. The molecule has 0 saturated carbocycles. The van der Waals surface area contributed by atoms with Crippen molar-refractivity contribution in [3.63, 3.8) is 0 Å². The zero-order valence-electron chi connectivity index (χ0n) is 6.42. The molecule has 4 nitrogen and oxygen atoms in total. The van der Waals surface area contributed by atoms with Crippen LogP contribution in [0.5, 0.6) is 0 Å². The zero-order chi connectivity index (χ0) is 7.98. The quantitative estimate of drug-likeness (QED) is 0.336. The largest absolute Gasteiger partial charge is 1.00 e. The van der Waals surface area contributed by atoms with Crippen molar-refractivity contribution >= 4 is 5.78 Å². The van der Waals surface area contributed by atoms with Gasteiger partial charge in [0.15, 0.2) is 0 Å². The van der Waals surface area contributed by atoms with Gasteiger partial charge in [0.1, 0.15) is 0 Å². The second-order valence-corrected chi connectivity index (χ2v) is 1.45. The first-order chi connectivity index (χ1) is 4.76. The number of ether oxygens (including phenoxy) is 1. The number of methoxy groups -OCH3 is 1. The van der Waals surface area contributed by atoms with E-state index in [9.17, 15) is 4.79 Å². The molecule has 0 heterocycles. The van der Waals surface area contributed by atoms with E-state index in [4.69, 9.17) is 10.5 Å². The molecule has 0 spiro atoms. The molecule has 0 saturated heterocycles. The van der Waals surface area contributed by atoms with Gasteiger partial charge in [-0.2, -0.15) is 0 Å². The molecule has 0 bridgehead atoms. The van der Waals surface area contributed by atoms with Gasteiger partial charge in [0.25, 0.3) is 0 Å². The van der Waals surface area contributed by atoms with E-state index in [1.54, 1.807) is 0 Å². The first-order valence-corrected chi connectivity index (χ1v) is 2.45. The number of hydrogen-bond acceptors (Lipinski definition) is 4. The van der Waals surface area contributed by atoms with Crippen LogP contribution in [0.2, 0.25) is 0 Å². The van der Waals surface area contributed by atoms with Crippen molar-refractivity contribution in [3.05, 3.63) is 5.92 Å². The van der Waals surface area contributed by atoms with Crippen molar-refractivity contribution in [2.75, 3.05) is 13.7 Å². The Morgan fingerprint density at radius 1 is 1.55 bits per heavy atom. The zero-order valence-corrected chi connectivity index (χ0v) is 9.54. The molecule has 0 aromatic carbocycles. The second-order valence-electron chi connectivity index (χ2n) is 1.45. The topological polar surface area (TPSA) is 73.9 Å². The van der Waals surface area contributed by atoms with Gasteiger partial charge in [0.05, 0.1) is 12.4 Å². The molecule has 0 aliphatic rings. The molecule has 0 N–H and O–H groups in total. The van der Waals surface area contributed by atoms with Gasteiger partial charge < -0.3 is 9.53 Å². The Labute approximate surface area is 108 Å². The van der Waals surface area contributed by atoms with E-state index in [0.717, 1.165) is 0 Å². The minimum Gasteiger partial charge on any atom is -0.380 e. The Balaban J connectivity index is 0. The van der Waals surface area contributed by atoms with Gasteiger partial charge >= 0.3 is 51.4 Å². The summed E-state index contributed by atoms with van der Waals surface area (Å²) in [5.74, 6) is -0.991. The van der Waals surface area contributed by atoms with E-state index in [1.165, 1.54) is 19.2 Å². The molecule has 0 rings (SSSR count). The van der Waals surface area contributed by atoms with E-state index in [1.807, 2.05) is 0 Å². The summed E-state index contributed by atoms with van der Waals surface area (Å²) in [7, 11) is 1.32. The van der Waals surface area contributed by atoms with E-state index in [2.05, 4.69) is 4.74 Å². The SMILES string of the molecule is COCC(=O)[C-](C#N)C#N.[K+]. The average Bonchev–Trinajstić information content (AvgIpc) is 1.91. The Bertz CT molecular complexity index is 190. The molecule has 0 aromatic rings. The van der Waals surface area contributed by atoms with E-state index >= 15 is 0 Å². The Kier molecular flexibility index (Phi) is 10.2. The smallest absolute Gasteiger partial charge is 0.380 e. The van der Waals surface area contributed by atoms with Crippen LogP contribution >= 0.6 is 0 Å². The minimum atomic E-state index is -0.576. The molecule has 0 aromatic heterocycles. The fourth-order valence-electron chi connectivity index (χ4n) is 0.353.